The molecule has 2 aromatic rings. The zero-order valence-corrected chi connectivity index (χ0v) is 19.1. The Hall–Kier alpha value is -1.60. The largest absolute Gasteiger partial charge is 0.573 e. The van der Waals surface area contributed by atoms with Crippen LogP contribution < -0.4 is 15.4 Å². The molecule has 0 aliphatic rings. The molecule has 0 aliphatic carbocycles. The van der Waals surface area contributed by atoms with Crippen LogP contribution in [0.4, 0.5) is 13.2 Å². The van der Waals surface area contributed by atoms with Crippen LogP contribution in [0.1, 0.15) is 28.5 Å². The summed E-state index contributed by atoms with van der Waals surface area (Å²) in [5.74, 6) is 0.214. The number of aliphatic imine (C=N–C) groups is 1. The van der Waals surface area contributed by atoms with Crippen molar-refractivity contribution >= 4 is 41.3 Å². The fourth-order valence-corrected chi connectivity index (χ4v) is 3.11. The highest BCUT2D eigenvalue weighted by Gasteiger charge is 2.31. The first-order valence-electron chi connectivity index (χ1n) is 8.74. The summed E-state index contributed by atoms with van der Waals surface area (Å²) in [6, 6.07) is 5.09. The minimum Gasteiger partial charge on any atom is -0.406 e. The molecule has 6 nitrogen and oxygen atoms in total. The molecule has 1 aromatic heterocycles. The van der Waals surface area contributed by atoms with Gasteiger partial charge in [0, 0.05) is 30.6 Å². The van der Waals surface area contributed by atoms with Crippen LogP contribution in [0, 0.1) is 6.92 Å². The summed E-state index contributed by atoms with van der Waals surface area (Å²) in [5.41, 5.74) is 0.451. The number of halogens is 4. The number of hydrogen-bond acceptors (Lipinski definition) is 5. The highest BCUT2D eigenvalue weighted by Crippen LogP contribution is 2.24. The SMILES string of the molecule is CCNC(=NCC(O)c1ccc(OC(F)(F)F)cc1)NCCc1ncc(C)s1.I. The number of aliphatic hydroxyl groups is 1. The van der Waals surface area contributed by atoms with E-state index in [0.717, 1.165) is 28.4 Å². The Balaban J connectivity index is 0.00000420. The van der Waals surface area contributed by atoms with Crippen molar-refractivity contribution in [2.75, 3.05) is 19.6 Å². The quantitative estimate of drug-likeness (QED) is 0.268. The predicted octanol–water partition coefficient (Wildman–Crippen LogP) is 3.80. The van der Waals surface area contributed by atoms with Crippen LogP contribution >= 0.6 is 35.3 Å². The van der Waals surface area contributed by atoms with Gasteiger partial charge in [0.15, 0.2) is 5.96 Å². The molecule has 2 rings (SSSR count). The van der Waals surface area contributed by atoms with Gasteiger partial charge in [0.05, 0.1) is 17.7 Å². The van der Waals surface area contributed by atoms with Crippen molar-refractivity contribution in [2.45, 2.75) is 32.7 Å². The van der Waals surface area contributed by atoms with Crippen molar-refractivity contribution in [3.05, 3.63) is 45.9 Å². The summed E-state index contributed by atoms with van der Waals surface area (Å²) in [7, 11) is 0. The topological polar surface area (TPSA) is 78.8 Å². The number of nitrogens with zero attached hydrogens (tertiary/aromatic N) is 2. The first-order chi connectivity index (χ1) is 13.3. The number of alkyl halides is 3. The monoisotopic (exact) mass is 544 g/mol. The summed E-state index contributed by atoms with van der Waals surface area (Å²) in [6.07, 6.45) is -3.10. The fraction of sp³-hybridized carbons (Fsp3) is 0.444. The number of aryl methyl sites for hydroxylation is 1. The van der Waals surface area contributed by atoms with Gasteiger partial charge in [0.2, 0.25) is 0 Å². The molecular weight excluding hydrogens is 520 g/mol. The molecule has 0 spiro atoms. The second-order valence-corrected chi connectivity index (χ2v) is 7.21. The van der Waals surface area contributed by atoms with Crippen LogP contribution in [0.2, 0.25) is 0 Å². The average Bonchev–Trinajstić information content (AvgIpc) is 3.04. The van der Waals surface area contributed by atoms with Crippen molar-refractivity contribution in [2.24, 2.45) is 4.99 Å². The number of aromatic nitrogens is 1. The molecule has 0 fully saturated rings. The highest BCUT2D eigenvalue weighted by molar-refractivity contribution is 14.0. The van der Waals surface area contributed by atoms with Gasteiger partial charge in [-0.05, 0) is 31.5 Å². The summed E-state index contributed by atoms with van der Waals surface area (Å²) < 4.78 is 40.4. The number of ether oxygens (including phenoxy) is 1. The average molecular weight is 544 g/mol. The first-order valence-corrected chi connectivity index (χ1v) is 9.55. The molecule has 3 N–H and O–H groups in total. The maximum absolute atomic E-state index is 12.2. The molecule has 0 radical (unpaired) electrons. The second-order valence-electron chi connectivity index (χ2n) is 5.89. The zero-order chi connectivity index (χ0) is 20.6. The lowest BCUT2D eigenvalue weighted by Crippen LogP contribution is -2.38. The van der Waals surface area contributed by atoms with Crippen LogP contribution in [0.3, 0.4) is 0 Å². The number of aliphatic hydroxyl groups excluding tert-OH is 1. The Kier molecular flexibility index (Phi) is 10.7. The van der Waals surface area contributed by atoms with Gasteiger partial charge in [-0.25, -0.2) is 4.98 Å². The Bertz CT molecular complexity index is 769. The van der Waals surface area contributed by atoms with Gasteiger partial charge in [0.1, 0.15) is 5.75 Å². The fourth-order valence-electron chi connectivity index (χ4n) is 2.32. The molecule has 11 heteroatoms. The van der Waals surface area contributed by atoms with E-state index >= 15 is 0 Å². The molecule has 29 heavy (non-hydrogen) atoms. The third-order valence-electron chi connectivity index (χ3n) is 3.57. The third kappa shape index (κ3) is 9.63. The Morgan fingerprint density at radius 2 is 1.97 bits per heavy atom. The number of nitrogens with one attached hydrogen (secondary N) is 2. The van der Waals surface area contributed by atoms with Crippen molar-refractivity contribution in [1.29, 1.82) is 0 Å². The van der Waals surface area contributed by atoms with E-state index in [1.807, 2.05) is 20.0 Å². The van der Waals surface area contributed by atoms with Gasteiger partial charge in [-0.3, -0.25) is 4.99 Å². The van der Waals surface area contributed by atoms with Crippen molar-refractivity contribution < 1.29 is 23.0 Å². The zero-order valence-electron chi connectivity index (χ0n) is 16.0. The molecule has 0 saturated carbocycles. The molecular formula is C18H24F3IN4O2S. The van der Waals surface area contributed by atoms with Gasteiger partial charge in [0.25, 0.3) is 0 Å². The van der Waals surface area contributed by atoms with E-state index in [4.69, 9.17) is 0 Å². The number of hydrogen-bond donors (Lipinski definition) is 3. The summed E-state index contributed by atoms with van der Waals surface area (Å²) in [4.78, 5) is 9.78. The summed E-state index contributed by atoms with van der Waals surface area (Å²) in [5, 5.41) is 17.5. The molecule has 0 bridgehead atoms. The third-order valence-corrected chi connectivity index (χ3v) is 4.54. The van der Waals surface area contributed by atoms with E-state index in [1.54, 1.807) is 11.3 Å². The van der Waals surface area contributed by atoms with Crippen LogP contribution in [-0.4, -0.2) is 42.0 Å². The van der Waals surface area contributed by atoms with Crippen LogP contribution in [-0.2, 0) is 6.42 Å². The van der Waals surface area contributed by atoms with Gasteiger partial charge < -0.3 is 20.5 Å². The molecule has 162 valence electrons. The smallest absolute Gasteiger partial charge is 0.406 e. The standard InChI is InChI=1S/C18H23F3N4O2S.HI/c1-3-22-17(23-9-8-16-24-10-12(2)28-16)25-11-15(26)13-4-6-14(7-5-13)27-18(19,20)21;/h4-7,10,15,26H,3,8-9,11H2,1-2H3,(H2,22,23,25);1H. The van der Waals surface area contributed by atoms with E-state index in [0.29, 0.717) is 24.6 Å². The molecule has 1 unspecified atom stereocenters. The summed E-state index contributed by atoms with van der Waals surface area (Å²) >= 11 is 1.64. The van der Waals surface area contributed by atoms with E-state index in [2.05, 4.69) is 25.3 Å². The predicted molar refractivity (Wildman–Crippen MR) is 118 cm³/mol. The number of rotatable bonds is 8. The molecule has 1 atom stereocenters. The van der Waals surface area contributed by atoms with Crippen LogP contribution in [0.5, 0.6) is 5.75 Å². The number of guanidine groups is 1. The van der Waals surface area contributed by atoms with Crippen molar-refractivity contribution in [3.63, 3.8) is 0 Å². The maximum atomic E-state index is 12.2. The summed E-state index contributed by atoms with van der Waals surface area (Å²) in [6.45, 7) is 5.28. The Labute approximate surface area is 188 Å². The highest BCUT2D eigenvalue weighted by atomic mass is 127. The van der Waals surface area contributed by atoms with E-state index < -0.39 is 12.5 Å². The lowest BCUT2D eigenvalue weighted by Gasteiger charge is -2.14. The Morgan fingerprint density at radius 1 is 1.28 bits per heavy atom. The van der Waals surface area contributed by atoms with Crippen molar-refractivity contribution in [3.8, 4) is 5.75 Å². The first kappa shape index (κ1) is 25.4. The maximum Gasteiger partial charge on any atom is 0.573 e. The van der Waals surface area contributed by atoms with Gasteiger partial charge >= 0.3 is 6.36 Å². The molecule has 0 aliphatic heterocycles. The molecule has 0 saturated heterocycles. The second kappa shape index (κ2) is 12.2. The number of thiazole rings is 1. The van der Waals surface area contributed by atoms with E-state index in [-0.39, 0.29) is 36.3 Å². The molecule has 1 heterocycles. The van der Waals surface area contributed by atoms with Gasteiger partial charge in [-0.15, -0.1) is 48.5 Å². The van der Waals surface area contributed by atoms with E-state index in [1.165, 1.54) is 12.1 Å². The lowest BCUT2D eigenvalue weighted by molar-refractivity contribution is -0.274. The minimum atomic E-state index is -4.74. The Morgan fingerprint density at radius 3 is 2.52 bits per heavy atom. The van der Waals surface area contributed by atoms with Crippen LogP contribution in [0.25, 0.3) is 0 Å². The minimum absolute atomic E-state index is 0. The van der Waals surface area contributed by atoms with Crippen molar-refractivity contribution in [1.82, 2.24) is 15.6 Å². The lowest BCUT2D eigenvalue weighted by atomic mass is 10.1. The van der Waals surface area contributed by atoms with Crippen LogP contribution in [0.15, 0.2) is 35.5 Å². The molecule has 1 aromatic carbocycles. The molecule has 0 amide bonds. The van der Waals surface area contributed by atoms with Gasteiger partial charge in [-0.1, -0.05) is 12.1 Å². The normalized spacial score (nSPS) is 12.8. The number of benzene rings is 1. The van der Waals surface area contributed by atoms with Gasteiger partial charge in [-0.2, -0.15) is 0 Å². The van der Waals surface area contributed by atoms with E-state index in [9.17, 15) is 18.3 Å².